The molecule has 2 atom stereocenters. The van der Waals surface area contributed by atoms with Gasteiger partial charge in [-0.25, -0.2) is 18.9 Å². The third kappa shape index (κ3) is 5.48. The third-order valence-corrected chi connectivity index (χ3v) is 5.51. The minimum atomic E-state index is -1.65. The van der Waals surface area contributed by atoms with E-state index in [2.05, 4.69) is 15.6 Å². The van der Waals surface area contributed by atoms with E-state index in [1.165, 1.54) is 16.4 Å². The number of benzene rings is 3. The Morgan fingerprint density at radius 2 is 1.77 bits per heavy atom. The molecule has 0 aliphatic heterocycles. The molecule has 1 aromatic heterocycles. The molecule has 2 amide bonds. The van der Waals surface area contributed by atoms with E-state index in [-0.39, 0.29) is 18.5 Å². The number of aromatic nitrogens is 3. The maximum absolute atomic E-state index is 13.4. The van der Waals surface area contributed by atoms with Gasteiger partial charge in [0.05, 0.1) is 18.8 Å². The summed E-state index contributed by atoms with van der Waals surface area (Å²) in [5, 5.41) is 32.0. The highest BCUT2D eigenvalue weighted by molar-refractivity contribution is 5.94. The first-order valence-electron chi connectivity index (χ1n) is 10.6. The van der Waals surface area contributed by atoms with Crippen LogP contribution in [0.3, 0.4) is 0 Å². The van der Waals surface area contributed by atoms with Gasteiger partial charge in [-0.3, -0.25) is 14.8 Å². The molecule has 0 aliphatic carbocycles. The Morgan fingerprint density at radius 1 is 1.00 bits per heavy atom. The molecule has 0 fully saturated rings. The molecule has 4 rings (SSSR count). The smallest absolute Gasteiger partial charge is 0.274 e. The van der Waals surface area contributed by atoms with E-state index in [9.17, 15) is 23.5 Å². The maximum Gasteiger partial charge on any atom is 0.274 e. The van der Waals surface area contributed by atoms with Crippen LogP contribution in [0, 0.1) is 11.6 Å². The fourth-order valence-electron chi connectivity index (χ4n) is 3.66. The largest absolute Gasteiger partial charge is 0.381 e. The fourth-order valence-corrected chi connectivity index (χ4v) is 3.66. The Hall–Kier alpha value is -4.22. The number of carbonyl (C=O) groups excluding carboxylic acids is 2. The van der Waals surface area contributed by atoms with Crippen LogP contribution >= 0.6 is 0 Å². The molecule has 0 spiro atoms. The number of hydroxylamine groups is 1. The lowest BCUT2D eigenvalue weighted by molar-refractivity contribution is -0.140. The van der Waals surface area contributed by atoms with Crippen LogP contribution in [0.4, 0.5) is 8.78 Å². The van der Waals surface area contributed by atoms with Crippen molar-refractivity contribution in [3.05, 3.63) is 95.3 Å². The van der Waals surface area contributed by atoms with Crippen LogP contribution in [-0.2, 0) is 17.8 Å². The summed E-state index contributed by atoms with van der Waals surface area (Å²) in [4.78, 5) is 24.2. The molecular formula is C24H21F2N5O4. The van der Waals surface area contributed by atoms with E-state index in [0.717, 1.165) is 34.5 Å². The fraction of sp³-hybridized carbons (Fsp3) is 0.167. The second kappa shape index (κ2) is 10.4. The predicted molar refractivity (Wildman–Crippen MR) is 120 cm³/mol. The molecule has 0 aliphatic rings. The van der Waals surface area contributed by atoms with Gasteiger partial charge in [0.2, 0.25) is 0 Å². The first-order chi connectivity index (χ1) is 16.9. The monoisotopic (exact) mass is 481 g/mol. The molecule has 4 N–H and O–H groups in total. The Morgan fingerprint density at radius 3 is 2.51 bits per heavy atom. The number of halogens is 2. The van der Waals surface area contributed by atoms with Crippen molar-refractivity contribution >= 4 is 22.6 Å². The van der Waals surface area contributed by atoms with Gasteiger partial charge in [0.25, 0.3) is 11.8 Å². The van der Waals surface area contributed by atoms with Crippen molar-refractivity contribution in [3.63, 3.8) is 0 Å². The van der Waals surface area contributed by atoms with Crippen LogP contribution in [0.2, 0.25) is 0 Å². The number of aliphatic hydroxyl groups is 1. The maximum atomic E-state index is 13.4. The molecule has 180 valence electrons. The van der Waals surface area contributed by atoms with Gasteiger partial charge in [-0.1, -0.05) is 47.7 Å². The molecule has 0 unspecified atom stereocenters. The van der Waals surface area contributed by atoms with Gasteiger partial charge in [-0.2, -0.15) is 0 Å². The zero-order chi connectivity index (χ0) is 24.9. The Bertz CT molecular complexity index is 1380. The molecule has 0 saturated heterocycles. The van der Waals surface area contributed by atoms with Crippen LogP contribution in [0.15, 0.2) is 66.9 Å². The molecule has 11 heteroatoms. The van der Waals surface area contributed by atoms with E-state index in [4.69, 9.17) is 5.21 Å². The van der Waals surface area contributed by atoms with E-state index >= 15 is 0 Å². The molecule has 3 aromatic carbocycles. The van der Waals surface area contributed by atoms with E-state index in [0.29, 0.717) is 5.69 Å². The lowest BCUT2D eigenvalue weighted by Gasteiger charge is -2.21. The number of rotatable bonds is 8. The van der Waals surface area contributed by atoms with E-state index in [1.54, 1.807) is 0 Å². The quantitative estimate of drug-likeness (QED) is 0.226. The highest BCUT2D eigenvalue weighted by Gasteiger charge is 2.29. The summed E-state index contributed by atoms with van der Waals surface area (Å²) in [5.41, 5.74) is 2.47. The Balaban J connectivity index is 1.51. The van der Waals surface area contributed by atoms with E-state index in [1.807, 2.05) is 42.5 Å². The summed E-state index contributed by atoms with van der Waals surface area (Å²) in [7, 11) is 0. The minimum Gasteiger partial charge on any atom is -0.381 e. The Labute approximate surface area is 198 Å². The SMILES string of the molecule is O=C(NCc1cn([C@H](Cc2ccc3ccccc3c2)[C@@H](O)C(=O)NO)nn1)c1ccc(F)c(F)c1. The lowest BCUT2D eigenvalue weighted by Crippen LogP contribution is -2.40. The van der Waals surface area contributed by atoms with Crippen molar-refractivity contribution < 1.29 is 28.7 Å². The summed E-state index contributed by atoms with van der Waals surface area (Å²) in [5.74, 6) is -3.87. The van der Waals surface area contributed by atoms with E-state index < -0.39 is 35.6 Å². The van der Waals surface area contributed by atoms with Gasteiger partial charge in [0.1, 0.15) is 5.69 Å². The number of carbonyl (C=O) groups is 2. The number of hydrogen-bond acceptors (Lipinski definition) is 6. The van der Waals surface area contributed by atoms with Crippen LogP contribution in [0.1, 0.15) is 27.7 Å². The van der Waals surface area contributed by atoms with Gasteiger partial charge < -0.3 is 10.4 Å². The van der Waals surface area contributed by atoms with Crippen molar-refractivity contribution in [2.45, 2.75) is 25.1 Å². The average molecular weight is 481 g/mol. The first kappa shape index (κ1) is 23.9. The average Bonchev–Trinajstić information content (AvgIpc) is 3.35. The molecule has 0 bridgehead atoms. The van der Waals surface area contributed by atoms with Crippen LogP contribution < -0.4 is 10.8 Å². The van der Waals surface area contributed by atoms with Crippen LogP contribution in [-0.4, -0.2) is 43.2 Å². The Kier molecular flexibility index (Phi) is 7.09. The van der Waals surface area contributed by atoms with Crippen LogP contribution in [0.5, 0.6) is 0 Å². The van der Waals surface area contributed by atoms with Crippen LogP contribution in [0.25, 0.3) is 10.8 Å². The molecule has 0 radical (unpaired) electrons. The standard InChI is InChI=1S/C24H21F2N5O4/c25-19-8-7-17(11-20(19)26)23(33)27-12-18-13-31(30-28-18)21(22(32)24(34)29-35)10-14-5-6-15-3-1-2-4-16(15)9-14/h1-9,11,13,21-22,32,35H,10,12H2,(H,27,33)(H,29,34)/t21-,22-/m1/s1. The van der Waals surface area contributed by atoms with Gasteiger partial charge in [-0.15, -0.1) is 5.10 Å². The number of nitrogens with zero attached hydrogens (tertiary/aromatic N) is 3. The topological polar surface area (TPSA) is 129 Å². The molecule has 0 saturated carbocycles. The van der Waals surface area contributed by atoms with Crippen molar-refractivity contribution in [1.29, 1.82) is 0 Å². The summed E-state index contributed by atoms with van der Waals surface area (Å²) in [6.45, 7) is -0.0944. The predicted octanol–water partition coefficient (Wildman–Crippen LogP) is 2.29. The van der Waals surface area contributed by atoms with Crippen molar-refractivity contribution in [2.24, 2.45) is 0 Å². The third-order valence-electron chi connectivity index (χ3n) is 5.51. The molecule has 4 aromatic rings. The molecule has 35 heavy (non-hydrogen) atoms. The first-order valence-corrected chi connectivity index (χ1v) is 10.6. The molecule has 1 heterocycles. The van der Waals surface area contributed by atoms with Gasteiger partial charge in [0.15, 0.2) is 17.7 Å². The van der Waals surface area contributed by atoms with Crippen molar-refractivity contribution in [1.82, 2.24) is 25.8 Å². The van der Waals surface area contributed by atoms with Crippen molar-refractivity contribution in [3.8, 4) is 0 Å². The second-order valence-electron chi connectivity index (χ2n) is 7.88. The summed E-state index contributed by atoms with van der Waals surface area (Å²) >= 11 is 0. The number of fused-ring (bicyclic) bond motifs is 1. The summed E-state index contributed by atoms with van der Waals surface area (Å²) in [6, 6.07) is 15.3. The minimum absolute atomic E-state index is 0.0690. The highest BCUT2D eigenvalue weighted by Crippen LogP contribution is 2.22. The molecular weight excluding hydrogens is 460 g/mol. The highest BCUT2D eigenvalue weighted by atomic mass is 19.2. The summed E-state index contributed by atoms with van der Waals surface area (Å²) < 4.78 is 27.7. The number of aliphatic hydroxyl groups excluding tert-OH is 1. The lowest BCUT2D eigenvalue weighted by atomic mass is 9.98. The zero-order valence-corrected chi connectivity index (χ0v) is 18.2. The number of hydrogen-bond donors (Lipinski definition) is 4. The number of nitrogens with one attached hydrogen (secondary N) is 2. The van der Waals surface area contributed by atoms with Gasteiger partial charge in [-0.05, 0) is 41.0 Å². The molecule has 9 nitrogen and oxygen atoms in total. The van der Waals surface area contributed by atoms with Gasteiger partial charge in [0, 0.05) is 5.56 Å². The zero-order valence-electron chi connectivity index (χ0n) is 18.2. The normalized spacial score (nSPS) is 12.8. The van der Waals surface area contributed by atoms with Gasteiger partial charge >= 0.3 is 0 Å². The number of amides is 2. The summed E-state index contributed by atoms with van der Waals surface area (Å²) in [6.07, 6.45) is -0.0352. The second-order valence-corrected chi connectivity index (χ2v) is 7.88. The van der Waals surface area contributed by atoms with Crippen molar-refractivity contribution in [2.75, 3.05) is 0 Å².